The van der Waals surface area contributed by atoms with Gasteiger partial charge in [-0.15, -0.1) is 0 Å². The minimum Gasteiger partial charge on any atom is -0.477 e. The standard InChI is InChI=1S/C23H27FN2O2/c1-4-15(2)22(25-16(3)27)23-26-20(14-28-23)13-19-12-18(10-11-21(19)24)17-8-6-5-7-9-17/h5-12,15,20,22H,4,13-14H2,1-3H3,(H,25,27)/t15?,20-,22?/m0/s1. The third-order valence-corrected chi connectivity index (χ3v) is 5.18. The van der Waals surface area contributed by atoms with Crippen molar-refractivity contribution in [1.29, 1.82) is 0 Å². The molecule has 148 valence electrons. The van der Waals surface area contributed by atoms with Crippen LogP contribution >= 0.6 is 0 Å². The molecule has 3 atom stereocenters. The first-order chi connectivity index (χ1) is 13.5. The van der Waals surface area contributed by atoms with Crippen molar-refractivity contribution in [3.8, 4) is 11.1 Å². The molecule has 1 N–H and O–H groups in total. The average Bonchev–Trinajstić information content (AvgIpc) is 3.16. The van der Waals surface area contributed by atoms with Crippen molar-refractivity contribution in [3.05, 3.63) is 59.9 Å². The molecule has 4 nitrogen and oxygen atoms in total. The average molecular weight is 382 g/mol. The molecule has 2 aromatic carbocycles. The summed E-state index contributed by atoms with van der Waals surface area (Å²) in [6.07, 6.45) is 1.36. The van der Waals surface area contributed by atoms with Crippen LogP contribution in [0, 0.1) is 11.7 Å². The molecule has 3 rings (SSSR count). The monoisotopic (exact) mass is 382 g/mol. The summed E-state index contributed by atoms with van der Waals surface area (Å²) in [7, 11) is 0. The van der Waals surface area contributed by atoms with Gasteiger partial charge in [0.25, 0.3) is 0 Å². The highest BCUT2D eigenvalue weighted by Crippen LogP contribution is 2.24. The minimum absolute atomic E-state index is 0.110. The molecule has 1 amide bonds. The van der Waals surface area contributed by atoms with Crippen LogP contribution in [0.5, 0.6) is 0 Å². The molecular formula is C23H27FN2O2. The van der Waals surface area contributed by atoms with E-state index in [2.05, 4.69) is 24.2 Å². The van der Waals surface area contributed by atoms with Crippen molar-refractivity contribution in [1.82, 2.24) is 5.32 Å². The summed E-state index contributed by atoms with van der Waals surface area (Å²) in [5, 5.41) is 2.93. The molecule has 2 unspecified atom stereocenters. The summed E-state index contributed by atoms with van der Waals surface area (Å²) in [5.74, 6) is 0.416. The van der Waals surface area contributed by atoms with Crippen LogP contribution in [0.15, 0.2) is 53.5 Å². The van der Waals surface area contributed by atoms with Crippen molar-refractivity contribution >= 4 is 11.8 Å². The Morgan fingerprint density at radius 2 is 2.00 bits per heavy atom. The van der Waals surface area contributed by atoms with Crippen LogP contribution in [-0.4, -0.2) is 30.5 Å². The maximum absolute atomic E-state index is 14.4. The second kappa shape index (κ2) is 9.00. The molecule has 0 radical (unpaired) electrons. The van der Waals surface area contributed by atoms with Gasteiger partial charge in [-0.3, -0.25) is 4.79 Å². The molecule has 2 aromatic rings. The van der Waals surface area contributed by atoms with Gasteiger partial charge >= 0.3 is 0 Å². The molecule has 5 heteroatoms. The SMILES string of the molecule is CCC(C)C(NC(C)=O)C1=N[C@@H](Cc2cc(-c3ccccc3)ccc2F)CO1. The fraction of sp³-hybridized carbons (Fsp3) is 0.391. The highest BCUT2D eigenvalue weighted by Gasteiger charge is 2.30. The normalized spacial score (nSPS) is 18.1. The van der Waals surface area contributed by atoms with Crippen LogP contribution in [0.25, 0.3) is 11.1 Å². The van der Waals surface area contributed by atoms with E-state index in [1.807, 2.05) is 36.4 Å². The first-order valence-corrected chi connectivity index (χ1v) is 9.79. The summed E-state index contributed by atoms with van der Waals surface area (Å²) >= 11 is 0. The zero-order valence-electron chi connectivity index (χ0n) is 16.6. The molecule has 0 fully saturated rings. The number of hydrogen-bond donors (Lipinski definition) is 1. The van der Waals surface area contributed by atoms with E-state index >= 15 is 0 Å². The first kappa shape index (κ1) is 20.1. The maximum Gasteiger partial charge on any atom is 0.217 e. The maximum atomic E-state index is 14.4. The summed E-state index contributed by atoms with van der Waals surface area (Å²) in [4.78, 5) is 16.2. The van der Waals surface area contributed by atoms with Gasteiger partial charge in [0.05, 0.1) is 6.04 Å². The lowest BCUT2D eigenvalue weighted by Crippen LogP contribution is -2.44. The van der Waals surface area contributed by atoms with Gasteiger partial charge < -0.3 is 10.1 Å². The Kier molecular flexibility index (Phi) is 6.45. The number of ether oxygens (including phenoxy) is 1. The Morgan fingerprint density at radius 1 is 1.25 bits per heavy atom. The van der Waals surface area contributed by atoms with E-state index in [-0.39, 0.29) is 29.7 Å². The van der Waals surface area contributed by atoms with Gasteiger partial charge in [0, 0.05) is 13.3 Å². The third kappa shape index (κ3) is 4.77. The number of nitrogens with zero attached hydrogens (tertiary/aromatic N) is 1. The summed E-state index contributed by atoms with van der Waals surface area (Å²) in [5.41, 5.74) is 2.66. The summed E-state index contributed by atoms with van der Waals surface area (Å²) < 4.78 is 20.2. The number of nitrogens with one attached hydrogen (secondary N) is 1. The van der Waals surface area contributed by atoms with Gasteiger partial charge in [-0.2, -0.15) is 0 Å². The van der Waals surface area contributed by atoms with E-state index in [0.717, 1.165) is 17.5 Å². The lowest BCUT2D eigenvalue weighted by molar-refractivity contribution is -0.119. The Balaban J connectivity index is 1.78. The second-order valence-electron chi connectivity index (χ2n) is 7.37. The number of rotatable bonds is 7. The Labute approximate surface area is 165 Å². The second-order valence-corrected chi connectivity index (χ2v) is 7.37. The highest BCUT2D eigenvalue weighted by atomic mass is 19.1. The molecule has 0 aliphatic carbocycles. The molecular weight excluding hydrogens is 355 g/mol. The number of carbonyl (C=O) groups is 1. The number of carbonyl (C=O) groups excluding carboxylic acids is 1. The van der Waals surface area contributed by atoms with E-state index in [1.54, 1.807) is 6.07 Å². The molecule has 0 aromatic heterocycles. The van der Waals surface area contributed by atoms with E-state index in [0.29, 0.717) is 24.5 Å². The lowest BCUT2D eigenvalue weighted by Gasteiger charge is -2.22. The van der Waals surface area contributed by atoms with Crippen LogP contribution in [0.1, 0.15) is 32.8 Å². The Hall–Kier alpha value is -2.69. The van der Waals surface area contributed by atoms with Gasteiger partial charge in [0.15, 0.2) is 0 Å². The number of aliphatic imine (C=N–C) groups is 1. The minimum atomic E-state index is -0.243. The van der Waals surface area contributed by atoms with Crippen molar-refractivity contribution < 1.29 is 13.9 Å². The van der Waals surface area contributed by atoms with Gasteiger partial charge in [-0.1, -0.05) is 56.7 Å². The lowest BCUT2D eigenvalue weighted by atomic mass is 9.98. The van der Waals surface area contributed by atoms with Crippen molar-refractivity contribution in [2.45, 2.75) is 45.7 Å². The first-order valence-electron chi connectivity index (χ1n) is 9.79. The van der Waals surface area contributed by atoms with Crippen LogP contribution < -0.4 is 5.32 Å². The van der Waals surface area contributed by atoms with Gasteiger partial charge in [0.1, 0.15) is 18.5 Å². The van der Waals surface area contributed by atoms with Gasteiger partial charge in [-0.05, 0) is 34.7 Å². The molecule has 28 heavy (non-hydrogen) atoms. The topological polar surface area (TPSA) is 50.7 Å². The van der Waals surface area contributed by atoms with Gasteiger partial charge in [0.2, 0.25) is 11.8 Å². The zero-order valence-corrected chi connectivity index (χ0v) is 16.6. The quantitative estimate of drug-likeness (QED) is 0.772. The van der Waals surface area contributed by atoms with Crippen LogP contribution in [0.2, 0.25) is 0 Å². The number of benzene rings is 2. The molecule has 1 aliphatic heterocycles. The van der Waals surface area contributed by atoms with Crippen molar-refractivity contribution in [3.63, 3.8) is 0 Å². The molecule has 0 bridgehead atoms. The Morgan fingerprint density at radius 3 is 2.68 bits per heavy atom. The summed E-state index contributed by atoms with van der Waals surface area (Å²) in [6, 6.07) is 14.7. The number of amides is 1. The zero-order chi connectivity index (χ0) is 20.1. The number of halogens is 1. The highest BCUT2D eigenvalue weighted by molar-refractivity contribution is 5.88. The molecule has 0 saturated heterocycles. The van der Waals surface area contributed by atoms with Crippen molar-refractivity contribution in [2.24, 2.45) is 10.9 Å². The number of hydrogen-bond acceptors (Lipinski definition) is 3. The smallest absolute Gasteiger partial charge is 0.217 e. The third-order valence-electron chi connectivity index (χ3n) is 5.18. The molecule has 0 saturated carbocycles. The van der Waals surface area contributed by atoms with Crippen LogP contribution in [0.3, 0.4) is 0 Å². The molecule has 0 spiro atoms. The largest absolute Gasteiger partial charge is 0.477 e. The van der Waals surface area contributed by atoms with Gasteiger partial charge in [-0.25, -0.2) is 9.38 Å². The Bertz CT molecular complexity index is 851. The molecule has 1 heterocycles. The predicted molar refractivity (Wildman–Crippen MR) is 110 cm³/mol. The van der Waals surface area contributed by atoms with Crippen LogP contribution in [0.4, 0.5) is 4.39 Å². The van der Waals surface area contributed by atoms with E-state index in [1.165, 1.54) is 13.0 Å². The fourth-order valence-electron chi connectivity index (χ4n) is 3.41. The summed E-state index contributed by atoms with van der Waals surface area (Å²) in [6.45, 7) is 6.02. The van der Waals surface area contributed by atoms with E-state index in [9.17, 15) is 9.18 Å². The van der Waals surface area contributed by atoms with Crippen LogP contribution in [-0.2, 0) is 16.0 Å². The van der Waals surface area contributed by atoms with Crippen molar-refractivity contribution in [2.75, 3.05) is 6.61 Å². The predicted octanol–water partition coefficient (Wildman–Crippen LogP) is 4.38. The van der Waals surface area contributed by atoms with E-state index in [4.69, 9.17) is 4.74 Å². The molecule has 1 aliphatic rings. The van der Waals surface area contributed by atoms with E-state index < -0.39 is 0 Å². The fourth-order valence-corrected chi connectivity index (χ4v) is 3.41.